The number of piperidine rings is 1. The van der Waals surface area contributed by atoms with Gasteiger partial charge in [0.1, 0.15) is 6.54 Å². The first kappa shape index (κ1) is 15.8. The van der Waals surface area contributed by atoms with Crippen molar-refractivity contribution >= 4 is 11.6 Å². The van der Waals surface area contributed by atoms with Gasteiger partial charge in [0, 0.05) is 22.7 Å². The largest absolute Gasteiger partial charge is 0.331 e. The quantitative estimate of drug-likeness (QED) is 0.894. The maximum atomic E-state index is 12.2. The van der Waals surface area contributed by atoms with Gasteiger partial charge >= 0.3 is 0 Å². The molecule has 3 nitrogen and oxygen atoms in total. The monoisotopic (exact) mass is 309 g/mol. The van der Waals surface area contributed by atoms with Crippen molar-refractivity contribution in [1.29, 1.82) is 0 Å². The number of anilines is 1. The van der Waals surface area contributed by atoms with Crippen LogP contribution >= 0.6 is 0 Å². The molecule has 0 saturated carbocycles. The highest BCUT2D eigenvalue weighted by molar-refractivity contribution is 6.04. The molecule has 0 spiro atoms. The first-order chi connectivity index (χ1) is 11.2. The lowest BCUT2D eigenvalue weighted by Gasteiger charge is -2.27. The first-order valence-corrected chi connectivity index (χ1v) is 8.49. The number of quaternary nitrogens is 1. The van der Waals surface area contributed by atoms with Gasteiger partial charge in [0.2, 0.25) is 0 Å². The van der Waals surface area contributed by atoms with Crippen LogP contribution in [0.1, 0.15) is 35.7 Å². The van der Waals surface area contributed by atoms with Gasteiger partial charge in [-0.25, -0.2) is 0 Å². The van der Waals surface area contributed by atoms with E-state index in [0.29, 0.717) is 5.56 Å². The molecule has 3 heteroatoms. The van der Waals surface area contributed by atoms with Gasteiger partial charge in [0.05, 0.1) is 13.1 Å². The van der Waals surface area contributed by atoms with Crippen molar-refractivity contribution in [3.63, 3.8) is 0 Å². The number of nitrogens with one attached hydrogen (secondary N) is 2. The van der Waals surface area contributed by atoms with Crippen LogP contribution in [0.15, 0.2) is 54.6 Å². The van der Waals surface area contributed by atoms with Crippen LogP contribution in [0.5, 0.6) is 0 Å². The smallest absolute Gasteiger partial charge is 0.255 e. The van der Waals surface area contributed by atoms with E-state index in [1.807, 2.05) is 42.5 Å². The highest BCUT2D eigenvalue weighted by atomic mass is 16.1. The lowest BCUT2D eigenvalue weighted by atomic mass is 9.99. The predicted octanol–water partition coefficient (Wildman–Crippen LogP) is 2.75. The maximum absolute atomic E-state index is 12.2. The van der Waals surface area contributed by atoms with Gasteiger partial charge in [-0.05, 0) is 37.1 Å². The third-order valence-corrected chi connectivity index (χ3v) is 4.57. The Morgan fingerprint density at radius 1 is 1.13 bits per heavy atom. The second-order valence-electron chi connectivity index (χ2n) is 6.65. The van der Waals surface area contributed by atoms with E-state index >= 15 is 0 Å². The van der Waals surface area contributed by atoms with Gasteiger partial charge < -0.3 is 10.2 Å². The average molecular weight is 309 g/mol. The molecule has 120 valence electrons. The van der Waals surface area contributed by atoms with Crippen LogP contribution in [0.3, 0.4) is 0 Å². The molecule has 1 aliphatic heterocycles. The Balaban J connectivity index is 1.59. The lowest BCUT2D eigenvalue weighted by Crippen LogP contribution is -3.12. The van der Waals surface area contributed by atoms with E-state index in [1.54, 1.807) is 4.90 Å². The van der Waals surface area contributed by atoms with Gasteiger partial charge in [-0.3, -0.25) is 4.79 Å². The molecule has 0 radical (unpaired) electrons. The van der Waals surface area contributed by atoms with Crippen LogP contribution in [-0.2, 0) is 6.54 Å². The summed E-state index contributed by atoms with van der Waals surface area (Å²) in [6, 6.07) is 17.6. The molecule has 2 N–H and O–H groups in total. The topological polar surface area (TPSA) is 33.5 Å². The van der Waals surface area contributed by atoms with Crippen molar-refractivity contribution in [2.45, 2.75) is 26.3 Å². The molecular formula is C20H25N2O+. The molecule has 0 aliphatic carbocycles. The molecule has 1 heterocycles. The molecule has 23 heavy (non-hydrogen) atoms. The van der Waals surface area contributed by atoms with Crippen LogP contribution in [-0.4, -0.2) is 19.0 Å². The predicted molar refractivity (Wildman–Crippen MR) is 93.6 cm³/mol. The van der Waals surface area contributed by atoms with Crippen LogP contribution in [0.25, 0.3) is 0 Å². The fourth-order valence-corrected chi connectivity index (χ4v) is 3.35. The molecule has 0 aromatic heterocycles. The van der Waals surface area contributed by atoms with E-state index in [2.05, 4.69) is 24.4 Å². The van der Waals surface area contributed by atoms with Gasteiger partial charge in [0.15, 0.2) is 0 Å². The zero-order chi connectivity index (χ0) is 16.1. The molecule has 1 fully saturated rings. The molecule has 1 aliphatic rings. The van der Waals surface area contributed by atoms with E-state index in [-0.39, 0.29) is 5.91 Å². The SMILES string of the molecule is C[C@H]1CCC[NH+](Cc2ccc(C(=O)Nc3ccccc3)cc2)C1. The summed E-state index contributed by atoms with van der Waals surface area (Å²) in [5.74, 6) is 0.774. The summed E-state index contributed by atoms with van der Waals surface area (Å²) >= 11 is 0. The molecule has 1 unspecified atom stereocenters. The average Bonchev–Trinajstić information content (AvgIpc) is 2.56. The standard InChI is InChI=1S/C20H24N2O/c1-16-6-5-13-22(14-16)15-17-9-11-18(12-10-17)20(23)21-19-7-3-2-4-8-19/h2-4,7-12,16H,5-6,13-15H2,1H3,(H,21,23)/p+1/t16-/m0/s1. The fraction of sp³-hybridized carbons (Fsp3) is 0.350. The number of rotatable bonds is 4. The van der Waals surface area contributed by atoms with E-state index in [0.717, 1.165) is 18.2 Å². The molecule has 2 aromatic carbocycles. The molecular weight excluding hydrogens is 284 g/mol. The summed E-state index contributed by atoms with van der Waals surface area (Å²) in [5.41, 5.74) is 2.85. The summed E-state index contributed by atoms with van der Waals surface area (Å²) in [6.45, 7) is 5.93. The minimum absolute atomic E-state index is 0.0540. The molecule has 3 rings (SSSR count). The van der Waals surface area contributed by atoms with Crippen molar-refractivity contribution in [3.05, 3.63) is 65.7 Å². The van der Waals surface area contributed by atoms with Gasteiger partial charge in [0.25, 0.3) is 5.91 Å². The van der Waals surface area contributed by atoms with E-state index in [9.17, 15) is 4.79 Å². The normalized spacial score (nSPS) is 20.9. The Labute approximate surface area is 138 Å². The number of hydrogen-bond acceptors (Lipinski definition) is 1. The van der Waals surface area contributed by atoms with Crippen molar-refractivity contribution in [1.82, 2.24) is 0 Å². The summed E-state index contributed by atoms with van der Waals surface area (Å²) in [6.07, 6.45) is 2.69. The Morgan fingerprint density at radius 3 is 2.57 bits per heavy atom. The highest BCUT2D eigenvalue weighted by Crippen LogP contribution is 2.10. The summed E-state index contributed by atoms with van der Waals surface area (Å²) in [5, 5.41) is 2.92. The second kappa shape index (κ2) is 7.42. The number of carbonyl (C=O) groups is 1. The zero-order valence-corrected chi connectivity index (χ0v) is 13.7. The zero-order valence-electron chi connectivity index (χ0n) is 13.7. The van der Waals surface area contributed by atoms with Crippen molar-refractivity contribution < 1.29 is 9.69 Å². The summed E-state index contributed by atoms with van der Waals surface area (Å²) in [7, 11) is 0. The van der Waals surface area contributed by atoms with Gasteiger partial charge in [-0.15, -0.1) is 0 Å². The van der Waals surface area contributed by atoms with Crippen molar-refractivity contribution in [2.75, 3.05) is 18.4 Å². The molecule has 2 atom stereocenters. The Hall–Kier alpha value is -2.13. The minimum atomic E-state index is -0.0540. The number of para-hydroxylation sites is 1. The number of benzene rings is 2. The van der Waals surface area contributed by atoms with E-state index in [4.69, 9.17) is 0 Å². The summed E-state index contributed by atoms with van der Waals surface area (Å²) in [4.78, 5) is 13.9. The third-order valence-electron chi connectivity index (χ3n) is 4.57. The molecule has 1 saturated heterocycles. The Morgan fingerprint density at radius 2 is 1.87 bits per heavy atom. The Kier molecular flexibility index (Phi) is 5.09. The second-order valence-corrected chi connectivity index (χ2v) is 6.65. The van der Waals surface area contributed by atoms with E-state index < -0.39 is 0 Å². The lowest BCUT2D eigenvalue weighted by molar-refractivity contribution is -0.922. The first-order valence-electron chi connectivity index (χ1n) is 8.49. The summed E-state index contributed by atoms with van der Waals surface area (Å²) < 4.78 is 0. The van der Waals surface area contributed by atoms with Gasteiger partial charge in [-0.1, -0.05) is 37.3 Å². The number of likely N-dealkylation sites (tertiary alicyclic amines) is 1. The molecule has 1 amide bonds. The highest BCUT2D eigenvalue weighted by Gasteiger charge is 2.19. The van der Waals surface area contributed by atoms with Gasteiger partial charge in [-0.2, -0.15) is 0 Å². The third kappa shape index (κ3) is 4.42. The Bertz CT molecular complexity index is 636. The molecule has 0 bridgehead atoms. The van der Waals surface area contributed by atoms with Crippen LogP contribution in [0, 0.1) is 5.92 Å². The number of carbonyl (C=O) groups excluding carboxylic acids is 1. The number of amides is 1. The van der Waals surface area contributed by atoms with Crippen molar-refractivity contribution in [3.8, 4) is 0 Å². The fourth-order valence-electron chi connectivity index (χ4n) is 3.35. The minimum Gasteiger partial charge on any atom is -0.331 e. The van der Waals surface area contributed by atoms with Crippen LogP contribution in [0.2, 0.25) is 0 Å². The van der Waals surface area contributed by atoms with E-state index in [1.165, 1.54) is 31.5 Å². The number of hydrogen-bond donors (Lipinski definition) is 2. The molecule has 2 aromatic rings. The van der Waals surface area contributed by atoms with Crippen LogP contribution in [0.4, 0.5) is 5.69 Å². The van der Waals surface area contributed by atoms with Crippen LogP contribution < -0.4 is 10.2 Å². The van der Waals surface area contributed by atoms with Crippen molar-refractivity contribution in [2.24, 2.45) is 5.92 Å². The maximum Gasteiger partial charge on any atom is 0.255 e.